The summed E-state index contributed by atoms with van der Waals surface area (Å²) in [4.78, 5) is 12.9. The number of ether oxygens (including phenoxy) is 2. The predicted molar refractivity (Wildman–Crippen MR) is 221 cm³/mol. The smallest absolute Gasteiger partial charge is 0.220 e. The molecule has 1 amide bonds. The van der Waals surface area contributed by atoms with Gasteiger partial charge in [0, 0.05) is 6.42 Å². The van der Waals surface area contributed by atoms with Gasteiger partial charge in [-0.05, 0) is 32.1 Å². The van der Waals surface area contributed by atoms with E-state index in [0.29, 0.717) is 6.42 Å². The van der Waals surface area contributed by atoms with E-state index in [-0.39, 0.29) is 12.5 Å². The molecule has 1 heterocycles. The first-order valence-electron chi connectivity index (χ1n) is 22.6. The minimum atomic E-state index is -1.57. The van der Waals surface area contributed by atoms with Crippen LogP contribution in [0.5, 0.6) is 0 Å². The molecule has 9 nitrogen and oxygen atoms in total. The van der Waals surface area contributed by atoms with Gasteiger partial charge in [-0.1, -0.05) is 186 Å². The fraction of sp³-hybridized carbons (Fsp3) is 0.889. The van der Waals surface area contributed by atoms with Crippen molar-refractivity contribution in [3.63, 3.8) is 0 Å². The van der Waals surface area contributed by atoms with Crippen molar-refractivity contribution < 1.29 is 39.8 Å². The lowest BCUT2D eigenvalue weighted by Crippen LogP contribution is -2.60. The highest BCUT2D eigenvalue weighted by atomic mass is 16.7. The Balaban J connectivity index is 2.40. The van der Waals surface area contributed by atoms with Crippen molar-refractivity contribution in [1.82, 2.24) is 5.32 Å². The van der Waals surface area contributed by atoms with E-state index in [1.165, 1.54) is 141 Å². The maximum Gasteiger partial charge on any atom is 0.220 e. The van der Waals surface area contributed by atoms with Gasteiger partial charge in [-0.2, -0.15) is 0 Å². The Kier molecular flexibility index (Phi) is 33.8. The number of carbonyl (C=O) groups is 1. The number of aliphatic hydroxyl groups excluding tert-OH is 5. The molecule has 0 bridgehead atoms. The van der Waals surface area contributed by atoms with Crippen LogP contribution in [0.1, 0.15) is 200 Å². The van der Waals surface area contributed by atoms with Crippen LogP contribution < -0.4 is 5.32 Å². The predicted octanol–water partition coefficient (Wildman–Crippen LogP) is 9.11. The molecule has 7 atom stereocenters. The van der Waals surface area contributed by atoms with Gasteiger partial charge in [0.15, 0.2) is 6.29 Å². The van der Waals surface area contributed by atoms with Crippen LogP contribution >= 0.6 is 0 Å². The Morgan fingerprint density at radius 1 is 0.611 bits per heavy atom. The molecule has 1 rings (SSSR count). The number of carbonyl (C=O) groups excluding carboxylic acids is 1. The third-order valence-electron chi connectivity index (χ3n) is 10.8. The third kappa shape index (κ3) is 26.5. The molecule has 0 spiro atoms. The fourth-order valence-electron chi connectivity index (χ4n) is 7.11. The van der Waals surface area contributed by atoms with E-state index < -0.39 is 49.5 Å². The minimum Gasteiger partial charge on any atom is -0.394 e. The maximum absolute atomic E-state index is 12.9. The van der Waals surface area contributed by atoms with Crippen molar-refractivity contribution in [1.29, 1.82) is 0 Å². The van der Waals surface area contributed by atoms with Gasteiger partial charge in [0.1, 0.15) is 24.4 Å². The molecule has 1 saturated heterocycles. The average molecular weight is 768 g/mol. The van der Waals surface area contributed by atoms with Gasteiger partial charge >= 0.3 is 0 Å². The lowest BCUT2D eigenvalue weighted by atomic mass is 9.99. The first kappa shape index (κ1) is 50.7. The van der Waals surface area contributed by atoms with Crippen LogP contribution in [-0.4, -0.2) is 87.5 Å². The minimum absolute atomic E-state index is 0.186. The van der Waals surface area contributed by atoms with E-state index in [9.17, 15) is 30.3 Å². The molecule has 9 heteroatoms. The highest BCUT2D eigenvalue weighted by molar-refractivity contribution is 5.76. The normalized spacial score (nSPS) is 21.6. The van der Waals surface area contributed by atoms with Crippen LogP contribution in [0.4, 0.5) is 0 Å². The molecule has 1 aliphatic rings. The van der Waals surface area contributed by atoms with Crippen molar-refractivity contribution in [2.45, 2.75) is 243 Å². The number of hydrogen-bond donors (Lipinski definition) is 6. The number of hydrogen-bond acceptors (Lipinski definition) is 8. The molecular formula is C45H85NO8. The van der Waals surface area contributed by atoms with Crippen molar-refractivity contribution in [3.05, 3.63) is 24.3 Å². The lowest BCUT2D eigenvalue weighted by molar-refractivity contribution is -0.302. The standard InChI is InChI=1S/C45H85NO8/c1-3-5-7-9-11-13-15-17-19-20-21-22-24-26-28-30-32-34-39(48)38(37-53-45-44(52)43(51)42(50)40(36-47)54-45)46-41(49)35-33-31-29-27-25-23-18-16-14-12-10-8-6-4-2/h24,26,32,34,38-40,42-45,47-48,50-52H,3-23,25,27-31,33,35-37H2,1-2H3,(H,46,49)/b26-24+,34-32+. The quantitative estimate of drug-likeness (QED) is 0.0271. The summed E-state index contributed by atoms with van der Waals surface area (Å²) in [6.45, 7) is 3.75. The third-order valence-corrected chi connectivity index (χ3v) is 10.8. The molecule has 0 aromatic carbocycles. The first-order valence-corrected chi connectivity index (χ1v) is 22.6. The van der Waals surface area contributed by atoms with Crippen molar-refractivity contribution in [2.75, 3.05) is 13.2 Å². The zero-order valence-corrected chi connectivity index (χ0v) is 34.7. The van der Waals surface area contributed by atoms with Crippen LogP contribution in [0.2, 0.25) is 0 Å². The highest BCUT2D eigenvalue weighted by Crippen LogP contribution is 2.22. The summed E-state index contributed by atoms with van der Waals surface area (Å²) in [7, 11) is 0. The molecule has 6 N–H and O–H groups in total. The van der Waals surface area contributed by atoms with E-state index >= 15 is 0 Å². The van der Waals surface area contributed by atoms with Crippen LogP contribution in [0, 0.1) is 0 Å². The SMILES string of the molecule is CCCCCCCCCCCCC/C=C/CC/C=C/C(O)C(COC1OC(CO)C(O)C(O)C1O)NC(=O)CCCCCCCCCCCCCCCC. The molecular weight excluding hydrogens is 682 g/mol. The number of rotatable bonds is 37. The van der Waals surface area contributed by atoms with Crippen molar-refractivity contribution >= 4 is 5.91 Å². The van der Waals surface area contributed by atoms with Gasteiger partial charge in [-0.15, -0.1) is 0 Å². The molecule has 0 aliphatic carbocycles. The zero-order valence-electron chi connectivity index (χ0n) is 34.7. The second kappa shape index (κ2) is 36.0. The Bertz CT molecular complexity index is 899. The molecule has 0 saturated carbocycles. The lowest BCUT2D eigenvalue weighted by Gasteiger charge is -2.40. The molecule has 0 radical (unpaired) electrons. The summed E-state index contributed by atoms with van der Waals surface area (Å²) in [6.07, 6.45) is 35.0. The van der Waals surface area contributed by atoms with Crippen LogP contribution in [-0.2, 0) is 14.3 Å². The molecule has 1 fully saturated rings. The van der Waals surface area contributed by atoms with Crippen LogP contribution in [0.3, 0.4) is 0 Å². The Labute approximate surface area is 330 Å². The first-order chi connectivity index (χ1) is 26.3. The number of nitrogens with one attached hydrogen (secondary N) is 1. The van der Waals surface area contributed by atoms with Crippen LogP contribution in [0.25, 0.3) is 0 Å². The topological polar surface area (TPSA) is 149 Å². The Morgan fingerprint density at radius 3 is 1.56 bits per heavy atom. The number of aliphatic hydroxyl groups is 5. The summed E-state index contributed by atoms with van der Waals surface area (Å²) in [5.74, 6) is -0.186. The summed E-state index contributed by atoms with van der Waals surface area (Å²) >= 11 is 0. The van der Waals surface area contributed by atoms with E-state index in [0.717, 1.165) is 38.5 Å². The van der Waals surface area contributed by atoms with E-state index in [4.69, 9.17) is 9.47 Å². The van der Waals surface area contributed by atoms with Crippen LogP contribution in [0.15, 0.2) is 24.3 Å². The van der Waals surface area contributed by atoms with Gasteiger partial charge in [-0.3, -0.25) is 4.79 Å². The maximum atomic E-state index is 12.9. The van der Waals surface area contributed by atoms with Crippen molar-refractivity contribution in [2.24, 2.45) is 0 Å². The number of unbranched alkanes of at least 4 members (excludes halogenated alkanes) is 25. The second-order valence-electron chi connectivity index (χ2n) is 15.8. The number of allylic oxidation sites excluding steroid dienone is 3. The summed E-state index contributed by atoms with van der Waals surface area (Å²) in [6, 6.07) is -0.815. The Morgan fingerprint density at radius 2 is 1.06 bits per heavy atom. The molecule has 318 valence electrons. The van der Waals surface area contributed by atoms with Gasteiger partial charge in [0.25, 0.3) is 0 Å². The average Bonchev–Trinajstić information content (AvgIpc) is 3.17. The van der Waals surface area contributed by atoms with E-state index in [1.807, 2.05) is 6.08 Å². The summed E-state index contributed by atoms with van der Waals surface area (Å²) in [5.41, 5.74) is 0. The molecule has 54 heavy (non-hydrogen) atoms. The molecule has 1 aliphatic heterocycles. The highest BCUT2D eigenvalue weighted by Gasteiger charge is 2.44. The Hall–Kier alpha value is -1.33. The summed E-state index contributed by atoms with van der Waals surface area (Å²) in [5, 5.41) is 54.1. The monoisotopic (exact) mass is 768 g/mol. The number of amides is 1. The molecule has 0 aromatic heterocycles. The largest absolute Gasteiger partial charge is 0.394 e. The molecule has 7 unspecified atom stereocenters. The van der Waals surface area contributed by atoms with Gasteiger partial charge in [0.2, 0.25) is 5.91 Å². The summed E-state index contributed by atoms with van der Waals surface area (Å²) < 4.78 is 11.2. The second-order valence-corrected chi connectivity index (χ2v) is 15.8. The molecule has 0 aromatic rings. The fourth-order valence-corrected chi connectivity index (χ4v) is 7.11. The van der Waals surface area contributed by atoms with E-state index in [1.54, 1.807) is 6.08 Å². The van der Waals surface area contributed by atoms with Gasteiger partial charge < -0.3 is 40.3 Å². The zero-order chi connectivity index (χ0) is 39.5. The van der Waals surface area contributed by atoms with Gasteiger partial charge in [-0.25, -0.2) is 0 Å². The van der Waals surface area contributed by atoms with Crippen molar-refractivity contribution in [3.8, 4) is 0 Å². The van der Waals surface area contributed by atoms with E-state index in [2.05, 4.69) is 31.3 Å². The van der Waals surface area contributed by atoms with Gasteiger partial charge in [0.05, 0.1) is 25.4 Å².